The van der Waals surface area contributed by atoms with Crippen LogP contribution in [0.25, 0.3) is 0 Å². The lowest BCUT2D eigenvalue weighted by Gasteiger charge is -2.34. The Balaban J connectivity index is 1.36. The SMILES string of the molecule is CC(C)(O)c1ccc(C2CCN(C3=CCN(CC4CC4)C=C3)C(=O)C2)cc1. The Morgan fingerprint density at radius 3 is 2.44 bits per heavy atom. The third-order valence-electron chi connectivity index (χ3n) is 6.00. The van der Waals surface area contributed by atoms with Gasteiger partial charge in [-0.2, -0.15) is 0 Å². The number of carbonyl (C=O) groups excluding carboxylic acids is 1. The zero-order valence-electron chi connectivity index (χ0n) is 16.4. The smallest absolute Gasteiger partial charge is 0.227 e. The van der Waals surface area contributed by atoms with Crippen molar-refractivity contribution >= 4 is 5.91 Å². The summed E-state index contributed by atoms with van der Waals surface area (Å²) in [5.74, 6) is 1.36. The second-order valence-electron chi connectivity index (χ2n) is 8.76. The predicted octanol–water partition coefficient (Wildman–Crippen LogP) is 3.74. The fourth-order valence-electron chi connectivity index (χ4n) is 4.04. The summed E-state index contributed by atoms with van der Waals surface area (Å²) in [7, 11) is 0. The maximum atomic E-state index is 12.8. The summed E-state index contributed by atoms with van der Waals surface area (Å²) in [4.78, 5) is 17.1. The monoisotopic (exact) mass is 366 g/mol. The number of hydrogen-bond donors (Lipinski definition) is 1. The molecule has 0 aromatic heterocycles. The summed E-state index contributed by atoms with van der Waals surface area (Å²) in [5.41, 5.74) is 2.33. The minimum Gasteiger partial charge on any atom is -0.386 e. The van der Waals surface area contributed by atoms with E-state index in [1.165, 1.54) is 18.4 Å². The molecule has 1 unspecified atom stereocenters. The molecule has 1 amide bonds. The van der Waals surface area contributed by atoms with E-state index in [1.54, 1.807) is 13.8 Å². The van der Waals surface area contributed by atoms with Gasteiger partial charge >= 0.3 is 0 Å². The molecule has 0 bridgehead atoms. The van der Waals surface area contributed by atoms with E-state index in [2.05, 4.69) is 35.4 Å². The second kappa shape index (κ2) is 7.16. The molecule has 2 heterocycles. The van der Waals surface area contributed by atoms with Gasteiger partial charge < -0.3 is 14.9 Å². The Morgan fingerprint density at radius 2 is 1.89 bits per heavy atom. The maximum absolute atomic E-state index is 12.8. The number of carbonyl (C=O) groups is 1. The minimum atomic E-state index is -0.828. The number of rotatable bonds is 5. The van der Waals surface area contributed by atoms with Crippen LogP contribution in [0, 0.1) is 5.92 Å². The van der Waals surface area contributed by atoms with Crippen molar-refractivity contribution in [3.63, 3.8) is 0 Å². The summed E-state index contributed by atoms with van der Waals surface area (Å²) in [6.45, 7) is 6.42. The Labute approximate surface area is 162 Å². The van der Waals surface area contributed by atoms with E-state index in [0.29, 0.717) is 6.42 Å². The molecule has 1 N–H and O–H groups in total. The first kappa shape index (κ1) is 18.3. The van der Waals surface area contributed by atoms with E-state index in [0.717, 1.165) is 43.2 Å². The van der Waals surface area contributed by atoms with Gasteiger partial charge in [-0.15, -0.1) is 0 Å². The van der Waals surface area contributed by atoms with Crippen LogP contribution in [0.3, 0.4) is 0 Å². The molecule has 2 aliphatic heterocycles. The molecule has 3 aliphatic rings. The van der Waals surface area contributed by atoms with E-state index in [4.69, 9.17) is 0 Å². The van der Waals surface area contributed by atoms with Gasteiger partial charge in [-0.1, -0.05) is 24.3 Å². The molecule has 4 rings (SSSR count). The molecule has 1 aromatic carbocycles. The van der Waals surface area contributed by atoms with Gasteiger partial charge in [0.2, 0.25) is 5.91 Å². The summed E-state index contributed by atoms with van der Waals surface area (Å²) in [5, 5.41) is 10.1. The molecule has 4 nitrogen and oxygen atoms in total. The van der Waals surface area contributed by atoms with E-state index < -0.39 is 5.60 Å². The van der Waals surface area contributed by atoms with Gasteiger partial charge in [0.05, 0.1) is 5.60 Å². The minimum absolute atomic E-state index is 0.212. The highest BCUT2D eigenvalue weighted by molar-refractivity contribution is 5.80. The number of hydrogen-bond acceptors (Lipinski definition) is 3. The van der Waals surface area contributed by atoms with Crippen LogP contribution in [0.2, 0.25) is 0 Å². The first-order chi connectivity index (χ1) is 12.9. The van der Waals surface area contributed by atoms with Gasteiger partial charge in [-0.25, -0.2) is 0 Å². The summed E-state index contributed by atoms with van der Waals surface area (Å²) in [6.07, 6.45) is 10.7. The first-order valence-electron chi connectivity index (χ1n) is 10.2. The Hall–Kier alpha value is -2.07. The largest absolute Gasteiger partial charge is 0.386 e. The van der Waals surface area contributed by atoms with Crippen LogP contribution in [-0.4, -0.2) is 40.4 Å². The number of amides is 1. The number of aliphatic hydroxyl groups is 1. The number of likely N-dealkylation sites (tertiary alicyclic amines) is 1. The maximum Gasteiger partial charge on any atom is 0.227 e. The van der Waals surface area contributed by atoms with E-state index in [9.17, 15) is 9.90 Å². The highest BCUT2D eigenvalue weighted by Crippen LogP contribution is 2.33. The molecule has 2 fully saturated rings. The van der Waals surface area contributed by atoms with Gasteiger partial charge in [-0.05, 0) is 68.2 Å². The van der Waals surface area contributed by atoms with Gasteiger partial charge in [-0.3, -0.25) is 4.79 Å². The molecule has 0 radical (unpaired) electrons. The molecule has 1 saturated carbocycles. The second-order valence-corrected chi connectivity index (χ2v) is 8.76. The van der Waals surface area contributed by atoms with Crippen molar-refractivity contribution in [2.24, 2.45) is 5.92 Å². The summed E-state index contributed by atoms with van der Waals surface area (Å²) >= 11 is 0. The third kappa shape index (κ3) is 4.27. The predicted molar refractivity (Wildman–Crippen MR) is 107 cm³/mol. The molecular weight excluding hydrogens is 336 g/mol. The molecule has 1 aromatic rings. The van der Waals surface area contributed by atoms with E-state index >= 15 is 0 Å². The highest BCUT2D eigenvalue weighted by atomic mass is 16.3. The van der Waals surface area contributed by atoms with Crippen LogP contribution in [0.15, 0.2) is 48.3 Å². The average Bonchev–Trinajstić information content (AvgIpc) is 3.46. The molecule has 144 valence electrons. The number of allylic oxidation sites excluding steroid dienone is 1. The Morgan fingerprint density at radius 1 is 1.15 bits per heavy atom. The fourth-order valence-corrected chi connectivity index (χ4v) is 4.04. The van der Waals surface area contributed by atoms with Crippen molar-refractivity contribution in [1.29, 1.82) is 0 Å². The molecule has 27 heavy (non-hydrogen) atoms. The third-order valence-corrected chi connectivity index (χ3v) is 6.00. The lowest BCUT2D eigenvalue weighted by atomic mass is 9.87. The first-order valence-corrected chi connectivity index (χ1v) is 10.2. The molecule has 1 aliphatic carbocycles. The van der Waals surface area contributed by atoms with Crippen LogP contribution in [0.5, 0.6) is 0 Å². The zero-order chi connectivity index (χ0) is 19.0. The molecule has 1 atom stereocenters. The van der Waals surface area contributed by atoms with Crippen molar-refractivity contribution in [2.75, 3.05) is 19.6 Å². The topological polar surface area (TPSA) is 43.8 Å². The Kier molecular flexibility index (Phi) is 4.85. The molecule has 4 heteroatoms. The van der Waals surface area contributed by atoms with E-state index in [1.807, 2.05) is 17.0 Å². The Bertz CT molecular complexity index is 754. The van der Waals surface area contributed by atoms with Gasteiger partial charge in [0.15, 0.2) is 0 Å². The van der Waals surface area contributed by atoms with Crippen LogP contribution in [-0.2, 0) is 10.4 Å². The van der Waals surface area contributed by atoms with Crippen molar-refractivity contribution in [3.05, 3.63) is 59.4 Å². The lowest BCUT2D eigenvalue weighted by Crippen LogP contribution is -2.38. The van der Waals surface area contributed by atoms with Gasteiger partial charge in [0.25, 0.3) is 0 Å². The standard InChI is InChI=1S/C23H30N2O2/c1-23(2,27)20-7-5-18(6-8-20)19-9-14-25(22(26)15-19)21-10-12-24(13-11-21)16-17-3-4-17/h5-8,10-12,17,19,27H,3-4,9,13-16H2,1-2H3. The van der Waals surface area contributed by atoms with Crippen molar-refractivity contribution in [2.45, 2.75) is 51.0 Å². The van der Waals surface area contributed by atoms with Crippen LogP contribution in [0.1, 0.15) is 56.6 Å². The fraction of sp³-hybridized carbons (Fsp3) is 0.522. The molecule has 1 saturated heterocycles. The van der Waals surface area contributed by atoms with Crippen molar-refractivity contribution in [3.8, 4) is 0 Å². The van der Waals surface area contributed by atoms with Crippen LogP contribution in [0.4, 0.5) is 0 Å². The van der Waals surface area contributed by atoms with Crippen LogP contribution >= 0.6 is 0 Å². The van der Waals surface area contributed by atoms with Crippen molar-refractivity contribution in [1.82, 2.24) is 9.80 Å². The lowest BCUT2D eigenvalue weighted by molar-refractivity contribution is -0.131. The summed E-state index contributed by atoms with van der Waals surface area (Å²) in [6, 6.07) is 8.09. The number of nitrogens with zero attached hydrogens (tertiary/aromatic N) is 2. The number of benzene rings is 1. The summed E-state index contributed by atoms with van der Waals surface area (Å²) < 4.78 is 0. The average molecular weight is 367 g/mol. The number of piperidine rings is 1. The van der Waals surface area contributed by atoms with Gasteiger partial charge in [0, 0.05) is 38.0 Å². The zero-order valence-corrected chi connectivity index (χ0v) is 16.4. The normalized spacial score (nSPS) is 23.6. The quantitative estimate of drug-likeness (QED) is 0.863. The van der Waals surface area contributed by atoms with Crippen molar-refractivity contribution < 1.29 is 9.90 Å². The van der Waals surface area contributed by atoms with E-state index in [-0.39, 0.29) is 11.8 Å². The van der Waals surface area contributed by atoms with Crippen LogP contribution < -0.4 is 0 Å². The molecule has 0 spiro atoms. The van der Waals surface area contributed by atoms with Gasteiger partial charge in [0.1, 0.15) is 0 Å². The molecular formula is C23H30N2O2. The highest BCUT2D eigenvalue weighted by Gasteiger charge is 2.30.